The van der Waals surface area contributed by atoms with Crippen LogP contribution in [0.25, 0.3) is 0 Å². The molecule has 0 aliphatic carbocycles. The van der Waals surface area contributed by atoms with Gasteiger partial charge in [-0.15, -0.1) is 13.2 Å². The Hall–Kier alpha value is -1.33. The predicted octanol–water partition coefficient (Wildman–Crippen LogP) is 4.88. The summed E-state index contributed by atoms with van der Waals surface area (Å²) in [6.45, 7) is 0. The summed E-state index contributed by atoms with van der Waals surface area (Å²) in [6.07, 6.45) is -11.5. The minimum Gasteiger partial charge on any atom is -0.404 e. The molecule has 1 aromatic carbocycles. The highest BCUT2D eigenvalue weighted by Gasteiger charge is 2.71. The van der Waals surface area contributed by atoms with Gasteiger partial charge in [0.05, 0.1) is 5.69 Å². The molecule has 1 aromatic rings. The second-order valence-corrected chi connectivity index (χ2v) is 4.95. The smallest absolute Gasteiger partial charge is 0.404 e. The van der Waals surface area contributed by atoms with E-state index in [1.54, 1.807) is 0 Å². The second kappa shape index (κ2) is 5.39. The predicted molar refractivity (Wildman–Crippen MR) is 60.3 cm³/mol. The first-order valence-electron chi connectivity index (χ1n) is 5.07. The average molecular weight is 406 g/mol. The van der Waals surface area contributed by atoms with Crippen molar-refractivity contribution in [3.05, 3.63) is 23.8 Å². The van der Waals surface area contributed by atoms with E-state index in [1.807, 2.05) is 0 Å². The van der Waals surface area contributed by atoms with E-state index in [0.29, 0.717) is 6.07 Å². The highest BCUT2D eigenvalue weighted by atomic mass is 79.9. The molecule has 2 nitrogen and oxygen atoms in total. The van der Waals surface area contributed by atoms with Crippen LogP contribution in [0.5, 0.6) is 5.75 Å². The van der Waals surface area contributed by atoms with Crippen LogP contribution in [0.3, 0.4) is 0 Å². The van der Waals surface area contributed by atoms with Crippen molar-refractivity contribution in [3.63, 3.8) is 0 Å². The van der Waals surface area contributed by atoms with Crippen LogP contribution in [0.15, 0.2) is 18.2 Å². The summed E-state index contributed by atoms with van der Waals surface area (Å²) in [6, 6.07) is 0.377. The molecule has 12 heteroatoms. The molecule has 1 rings (SSSR count). The van der Waals surface area contributed by atoms with Gasteiger partial charge in [0.15, 0.2) is 5.75 Å². The van der Waals surface area contributed by atoms with Gasteiger partial charge in [-0.3, -0.25) is 0 Å². The number of halogens is 10. The van der Waals surface area contributed by atoms with Gasteiger partial charge in [-0.25, -0.2) is 4.39 Å². The van der Waals surface area contributed by atoms with Gasteiger partial charge in [0.2, 0.25) is 0 Å². The Morgan fingerprint density at radius 2 is 1.41 bits per heavy atom. The van der Waals surface area contributed by atoms with Crippen molar-refractivity contribution in [1.82, 2.24) is 0 Å². The van der Waals surface area contributed by atoms with Gasteiger partial charge in [-0.2, -0.15) is 22.0 Å². The van der Waals surface area contributed by atoms with Crippen LogP contribution in [-0.4, -0.2) is 17.4 Å². The summed E-state index contributed by atoms with van der Waals surface area (Å²) in [5.41, 5.74) is -2.89. The van der Waals surface area contributed by atoms with Gasteiger partial charge < -0.3 is 10.5 Å². The van der Waals surface area contributed by atoms with E-state index in [0.717, 1.165) is 0 Å². The molecule has 0 heterocycles. The average Bonchev–Trinajstić information content (AvgIpc) is 2.26. The lowest BCUT2D eigenvalue weighted by Crippen LogP contribution is -2.49. The van der Waals surface area contributed by atoms with Crippen molar-refractivity contribution in [2.75, 3.05) is 5.73 Å². The standard InChI is InChI=1S/C10H5BrF9NO/c11-8(13,14)7(12,9(15,16)17)4-1-2-5(21)6(3-4)22-10(18,19)20/h1-3H,21H2. The zero-order valence-electron chi connectivity index (χ0n) is 10.00. The first-order chi connectivity index (χ1) is 9.59. The van der Waals surface area contributed by atoms with Gasteiger partial charge in [0, 0.05) is 5.56 Å². The molecule has 1 unspecified atom stereocenters. The molecule has 0 saturated heterocycles. The van der Waals surface area contributed by atoms with Gasteiger partial charge in [0.1, 0.15) is 0 Å². The molecular formula is C10H5BrF9NO. The van der Waals surface area contributed by atoms with Crippen molar-refractivity contribution in [3.8, 4) is 5.75 Å². The quantitative estimate of drug-likeness (QED) is 0.441. The number of benzene rings is 1. The molecule has 22 heavy (non-hydrogen) atoms. The fourth-order valence-corrected chi connectivity index (χ4v) is 1.90. The lowest BCUT2D eigenvalue weighted by atomic mass is 9.94. The van der Waals surface area contributed by atoms with E-state index in [2.05, 4.69) is 4.74 Å². The molecule has 0 amide bonds. The molecule has 2 N–H and O–H groups in total. The molecule has 0 saturated carbocycles. The Kier molecular flexibility index (Phi) is 4.58. The van der Waals surface area contributed by atoms with E-state index < -0.39 is 40.0 Å². The number of hydrogen-bond acceptors (Lipinski definition) is 2. The molecule has 0 bridgehead atoms. The fraction of sp³-hybridized carbons (Fsp3) is 0.400. The lowest BCUT2D eigenvalue weighted by Gasteiger charge is -2.32. The third-order valence-corrected chi connectivity index (χ3v) is 2.96. The molecular weight excluding hydrogens is 401 g/mol. The van der Waals surface area contributed by atoms with Crippen molar-refractivity contribution >= 4 is 21.6 Å². The van der Waals surface area contributed by atoms with E-state index in [1.165, 1.54) is 15.9 Å². The number of rotatable bonds is 3. The van der Waals surface area contributed by atoms with Crippen molar-refractivity contribution in [1.29, 1.82) is 0 Å². The van der Waals surface area contributed by atoms with E-state index in [-0.39, 0.29) is 12.1 Å². The maximum Gasteiger partial charge on any atom is 0.573 e. The first-order valence-corrected chi connectivity index (χ1v) is 5.87. The lowest BCUT2D eigenvalue weighted by molar-refractivity contribution is -0.282. The molecule has 0 aliphatic heterocycles. The zero-order valence-corrected chi connectivity index (χ0v) is 11.6. The molecule has 1 atom stereocenters. The molecule has 0 spiro atoms. The third-order valence-electron chi connectivity index (χ3n) is 2.42. The largest absolute Gasteiger partial charge is 0.573 e. The Balaban J connectivity index is 3.50. The minimum absolute atomic E-state index is 0.182. The normalized spacial score (nSPS) is 16.3. The topological polar surface area (TPSA) is 35.2 Å². The van der Waals surface area contributed by atoms with Crippen LogP contribution in [0.1, 0.15) is 5.56 Å². The number of alkyl halides is 10. The minimum atomic E-state index is -6.13. The summed E-state index contributed by atoms with van der Waals surface area (Å²) in [5, 5.41) is 0. The Bertz CT molecular complexity index is 535. The summed E-state index contributed by atoms with van der Waals surface area (Å²) < 4.78 is 118. The summed E-state index contributed by atoms with van der Waals surface area (Å²) >= 11 is 1.26. The third kappa shape index (κ3) is 3.52. The number of nitrogen functional groups attached to an aromatic ring is 1. The zero-order chi connectivity index (χ0) is 17.6. The monoisotopic (exact) mass is 405 g/mol. The van der Waals surface area contributed by atoms with Gasteiger partial charge >= 0.3 is 23.0 Å². The summed E-state index contributed by atoms with van der Waals surface area (Å²) in [7, 11) is 0. The van der Waals surface area contributed by atoms with Crippen LogP contribution in [0.2, 0.25) is 0 Å². The highest BCUT2D eigenvalue weighted by Crippen LogP contribution is 2.55. The number of anilines is 1. The van der Waals surface area contributed by atoms with Crippen LogP contribution in [-0.2, 0) is 5.67 Å². The van der Waals surface area contributed by atoms with Crippen molar-refractivity contribution in [2.24, 2.45) is 0 Å². The second-order valence-electron chi connectivity index (χ2n) is 3.95. The molecule has 0 aliphatic rings. The van der Waals surface area contributed by atoms with Crippen molar-refractivity contribution < 1.29 is 44.3 Å². The molecule has 0 fully saturated rings. The number of nitrogens with two attached hydrogens (primary N) is 1. The Morgan fingerprint density at radius 3 is 1.77 bits per heavy atom. The van der Waals surface area contributed by atoms with E-state index >= 15 is 0 Å². The Labute approximate surface area is 125 Å². The number of hydrogen-bond donors (Lipinski definition) is 1. The first kappa shape index (κ1) is 18.7. The fourth-order valence-electron chi connectivity index (χ4n) is 1.45. The Morgan fingerprint density at radius 1 is 0.909 bits per heavy atom. The van der Waals surface area contributed by atoms with Crippen LogP contribution in [0, 0.1) is 0 Å². The van der Waals surface area contributed by atoms with Crippen LogP contribution >= 0.6 is 15.9 Å². The van der Waals surface area contributed by atoms with Crippen molar-refractivity contribution in [2.45, 2.75) is 23.0 Å². The van der Waals surface area contributed by atoms with Gasteiger partial charge in [-0.1, -0.05) is 6.07 Å². The van der Waals surface area contributed by atoms with Gasteiger partial charge in [-0.05, 0) is 28.1 Å². The highest BCUT2D eigenvalue weighted by molar-refractivity contribution is 9.10. The van der Waals surface area contributed by atoms with Crippen LogP contribution in [0.4, 0.5) is 45.2 Å². The molecule has 0 aromatic heterocycles. The molecule has 0 radical (unpaired) electrons. The van der Waals surface area contributed by atoms with Crippen LogP contribution < -0.4 is 10.5 Å². The molecule has 126 valence electrons. The van der Waals surface area contributed by atoms with Gasteiger partial charge in [0.25, 0.3) is 0 Å². The number of ether oxygens (including phenoxy) is 1. The summed E-state index contributed by atoms with van der Waals surface area (Å²) in [5.74, 6) is -1.44. The SMILES string of the molecule is Nc1ccc(C(F)(C(F)(F)F)C(F)(F)Br)cc1OC(F)(F)F. The summed E-state index contributed by atoms with van der Waals surface area (Å²) in [4.78, 5) is -5.15. The maximum atomic E-state index is 14.0. The maximum absolute atomic E-state index is 14.0. The van der Waals surface area contributed by atoms with E-state index in [4.69, 9.17) is 5.73 Å². The van der Waals surface area contributed by atoms with E-state index in [9.17, 15) is 39.5 Å².